The minimum absolute atomic E-state index is 0.166. The van der Waals surface area contributed by atoms with Crippen LogP contribution >= 0.6 is 0 Å². The van der Waals surface area contributed by atoms with E-state index in [9.17, 15) is 4.79 Å². The summed E-state index contributed by atoms with van der Waals surface area (Å²) in [5, 5.41) is 0. The van der Waals surface area contributed by atoms with E-state index in [1.807, 2.05) is 54.6 Å². The minimum Gasteiger partial charge on any atom is -0.497 e. The number of fused-ring (bicyclic) bond motifs is 1. The third-order valence-electron chi connectivity index (χ3n) is 4.18. The third kappa shape index (κ3) is 2.97. The van der Waals surface area contributed by atoms with Crippen molar-refractivity contribution in [3.05, 3.63) is 66.4 Å². The maximum Gasteiger partial charge on any atom is 0.265 e. The van der Waals surface area contributed by atoms with E-state index in [1.54, 1.807) is 12.0 Å². The zero-order chi connectivity index (χ0) is 17.9. The first-order valence-electron chi connectivity index (χ1n) is 8.27. The first-order chi connectivity index (χ1) is 12.8. The molecule has 0 N–H and O–H groups in total. The fourth-order valence-electron chi connectivity index (χ4n) is 2.86. The summed E-state index contributed by atoms with van der Waals surface area (Å²) in [6.07, 6.45) is 1.53. The molecule has 0 unspecified atom stereocenters. The van der Waals surface area contributed by atoms with Crippen LogP contribution in [-0.4, -0.2) is 36.1 Å². The number of ether oxygens (including phenoxy) is 2. The van der Waals surface area contributed by atoms with Crippen molar-refractivity contribution in [1.82, 2.24) is 9.97 Å². The largest absolute Gasteiger partial charge is 0.497 e. The van der Waals surface area contributed by atoms with Crippen molar-refractivity contribution < 1.29 is 14.3 Å². The molecule has 6 nitrogen and oxygen atoms in total. The highest BCUT2D eigenvalue weighted by Gasteiger charge is 2.26. The average molecular weight is 347 g/mol. The second-order valence-corrected chi connectivity index (χ2v) is 5.79. The van der Waals surface area contributed by atoms with Crippen LogP contribution in [0.4, 0.5) is 5.69 Å². The average Bonchev–Trinajstić information content (AvgIpc) is 2.87. The van der Waals surface area contributed by atoms with Gasteiger partial charge in [0.25, 0.3) is 5.91 Å². The number of rotatable bonds is 3. The number of carbonyl (C=O) groups excluding carboxylic acids is 1. The lowest BCUT2D eigenvalue weighted by Crippen LogP contribution is -2.32. The number of carbonyl (C=O) groups is 1. The van der Waals surface area contributed by atoms with E-state index >= 15 is 0 Å². The van der Waals surface area contributed by atoms with Crippen molar-refractivity contribution in [3.8, 4) is 23.0 Å². The number of methoxy groups -OCH3 is 1. The van der Waals surface area contributed by atoms with Gasteiger partial charge in [0.15, 0.2) is 5.82 Å². The van der Waals surface area contributed by atoms with E-state index in [2.05, 4.69) is 9.97 Å². The number of benzene rings is 2. The fraction of sp³-hybridized carbons (Fsp3) is 0.150. The number of aromatic nitrogens is 2. The summed E-state index contributed by atoms with van der Waals surface area (Å²) in [5.41, 5.74) is 1.98. The molecule has 2 aromatic carbocycles. The van der Waals surface area contributed by atoms with Crippen molar-refractivity contribution in [1.29, 1.82) is 0 Å². The Hall–Kier alpha value is -3.41. The Morgan fingerprint density at radius 1 is 1.12 bits per heavy atom. The molecule has 3 aromatic rings. The highest BCUT2D eigenvalue weighted by Crippen LogP contribution is 2.27. The molecule has 0 aliphatic carbocycles. The van der Waals surface area contributed by atoms with E-state index in [0.717, 1.165) is 11.3 Å². The topological polar surface area (TPSA) is 64.6 Å². The first-order valence-corrected chi connectivity index (χ1v) is 8.27. The monoisotopic (exact) mass is 347 g/mol. The third-order valence-corrected chi connectivity index (χ3v) is 4.18. The summed E-state index contributed by atoms with van der Waals surface area (Å²) in [7, 11) is 1.61. The molecule has 0 saturated heterocycles. The molecule has 0 radical (unpaired) electrons. The van der Waals surface area contributed by atoms with Crippen molar-refractivity contribution in [3.63, 3.8) is 0 Å². The summed E-state index contributed by atoms with van der Waals surface area (Å²) in [6, 6.07) is 17.0. The number of nitrogens with zero attached hydrogens (tertiary/aromatic N) is 3. The van der Waals surface area contributed by atoms with E-state index in [-0.39, 0.29) is 5.91 Å². The molecule has 1 aliphatic rings. The van der Waals surface area contributed by atoms with E-state index in [0.29, 0.717) is 36.2 Å². The van der Waals surface area contributed by atoms with Crippen LogP contribution in [0.3, 0.4) is 0 Å². The summed E-state index contributed by atoms with van der Waals surface area (Å²) >= 11 is 0. The lowest BCUT2D eigenvalue weighted by Gasteiger charge is -2.19. The zero-order valence-electron chi connectivity index (χ0n) is 14.3. The van der Waals surface area contributed by atoms with Crippen molar-refractivity contribution in [2.45, 2.75) is 0 Å². The molecule has 1 amide bonds. The van der Waals surface area contributed by atoms with Crippen LogP contribution in [0.2, 0.25) is 0 Å². The quantitative estimate of drug-likeness (QED) is 0.728. The van der Waals surface area contributed by atoms with Crippen LogP contribution in [-0.2, 0) is 0 Å². The lowest BCUT2D eigenvalue weighted by atomic mass is 10.2. The van der Waals surface area contributed by atoms with Crippen molar-refractivity contribution >= 4 is 11.6 Å². The fourth-order valence-corrected chi connectivity index (χ4v) is 2.86. The number of anilines is 1. The van der Waals surface area contributed by atoms with Crippen LogP contribution in [0.25, 0.3) is 11.4 Å². The van der Waals surface area contributed by atoms with Crippen LogP contribution in [0, 0.1) is 0 Å². The predicted molar refractivity (Wildman–Crippen MR) is 97.6 cm³/mol. The van der Waals surface area contributed by atoms with Gasteiger partial charge in [-0.3, -0.25) is 4.79 Å². The Morgan fingerprint density at radius 2 is 1.96 bits per heavy atom. The number of para-hydroxylation sites is 1. The lowest BCUT2D eigenvalue weighted by molar-refractivity contribution is 0.0989. The standard InChI is InChI=1S/C20H17N3O3/c1-25-16-9-5-6-14(12-16)18-21-13-17-19(22-18)26-11-10-23(20(17)24)15-7-3-2-4-8-15/h2-9,12-13H,10-11H2,1H3. The Labute approximate surface area is 151 Å². The second kappa shape index (κ2) is 6.84. The highest BCUT2D eigenvalue weighted by molar-refractivity contribution is 6.07. The maximum absolute atomic E-state index is 12.9. The van der Waals surface area contributed by atoms with E-state index in [1.165, 1.54) is 6.20 Å². The Bertz CT molecular complexity index is 944. The molecule has 0 spiro atoms. The molecular weight excluding hydrogens is 330 g/mol. The molecule has 1 aromatic heterocycles. The zero-order valence-corrected chi connectivity index (χ0v) is 14.3. The summed E-state index contributed by atoms with van der Waals surface area (Å²) < 4.78 is 11.0. The molecule has 0 atom stereocenters. The molecule has 6 heteroatoms. The molecule has 130 valence electrons. The molecule has 1 aliphatic heterocycles. The number of hydrogen-bond acceptors (Lipinski definition) is 5. The van der Waals surface area contributed by atoms with Gasteiger partial charge in [0, 0.05) is 17.4 Å². The number of amides is 1. The van der Waals surface area contributed by atoms with Gasteiger partial charge in [0.2, 0.25) is 5.88 Å². The van der Waals surface area contributed by atoms with E-state index in [4.69, 9.17) is 9.47 Å². The van der Waals surface area contributed by atoms with Crippen LogP contribution in [0.5, 0.6) is 11.6 Å². The van der Waals surface area contributed by atoms with Gasteiger partial charge in [-0.1, -0.05) is 30.3 Å². The van der Waals surface area contributed by atoms with Gasteiger partial charge in [-0.05, 0) is 24.3 Å². The smallest absolute Gasteiger partial charge is 0.265 e. The summed E-state index contributed by atoms with van der Waals surface area (Å²) in [5.74, 6) is 1.35. The second-order valence-electron chi connectivity index (χ2n) is 5.79. The predicted octanol–water partition coefficient (Wildman–Crippen LogP) is 3.19. The Kier molecular flexibility index (Phi) is 4.23. The molecule has 4 rings (SSSR count). The van der Waals surface area contributed by atoms with E-state index < -0.39 is 0 Å². The SMILES string of the molecule is COc1cccc(-c2ncc3c(n2)OCCN(c2ccccc2)C3=O)c1. The molecule has 0 fully saturated rings. The van der Waals surface area contributed by atoms with Crippen LogP contribution < -0.4 is 14.4 Å². The highest BCUT2D eigenvalue weighted by atomic mass is 16.5. The van der Waals surface area contributed by atoms with Gasteiger partial charge in [0.1, 0.15) is 17.9 Å². The number of hydrogen-bond donors (Lipinski definition) is 0. The summed E-state index contributed by atoms with van der Waals surface area (Å²) in [6.45, 7) is 0.815. The summed E-state index contributed by atoms with van der Waals surface area (Å²) in [4.78, 5) is 23.4. The first kappa shape index (κ1) is 16.1. The minimum atomic E-state index is -0.166. The maximum atomic E-state index is 12.9. The molecular formula is C20H17N3O3. The molecule has 2 heterocycles. The molecule has 26 heavy (non-hydrogen) atoms. The van der Waals surface area contributed by atoms with Gasteiger partial charge in [-0.25, -0.2) is 4.98 Å². The Balaban J connectivity index is 1.70. The van der Waals surface area contributed by atoms with Crippen molar-refractivity contribution in [2.75, 3.05) is 25.2 Å². The van der Waals surface area contributed by atoms with Crippen LogP contribution in [0.15, 0.2) is 60.8 Å². The molecule has 0 bridgehead atoms. The van der Waals surface area contributed by atoms with Gasteiger partial charge in [0.05, 0.1) is 13.7 Å². The van der Waals surface area contributed by atoms with Crippen LogP contribution in [0.1, 0.15) is 10.4 Å². The van der Waals surface area contributed by atoms with Gasteiger partial charge >= 0.3 is 0 Å². The van der Waals surface area contributed by atoms with Gasteiger partial charge in [-0.15, -0.1) is 0 Å². The molecule has 0 saturated carbocycles. The Morgan fingerprint density at radius 3 is 2.77 bits per heavy atom. The van der Waals surface area contributed by atoms with Gasteiger partial charge in [-0.2, -0.15) is 4.98 Å². The van der Waals surface area contributed by atoms with Crippen molar-refractivity contribution in [2.24, 2.45) is 0 Å². The van der Waals surface area contributed by atoms with Gasteiger partial charge < -0.3 is 14.4 Å². The normalized spacial score (nSPS) is 13.6.